The second-order valence-electron chi connectivity index (χ2n) is 5.26. The fraction of sp³-hybridized carbons (Fsp3) is 0.500. The Morgan fingerprint density at radius 2 is 2.11 bits per heavy atom. The SMILES string of the molecule is CC(C)(C)OC(=O)N(CCO)Cc1cccc(F)c1. The predicted octanol–water partition coefficient (Wildman–Crippen LogP) is 2.56. The molecule has 0 spiro atoms. The van der Waals surface area contributed by atoms with E-state index < -0.39 is 11.7 Å². The van der Waals surface area contributed by atoms with Crippen LogP contribution < -0.4 is 0 Å². The van der Waals surface area contributed by atoms with Crippen molar-refractivity contribution < 1.29 is 19.0 Å². The van der Waals surface area contributed by atoms with E-state index >= 15 is 0 Å². The number of hydrogen-bond acceptors (Lipinski definition) is 3. The zero-order valence-corrected chi connectivity index (χ0v) is 11.5. The van der Waals surface area contributed by atoms with Crippen molar-refractivity contribution in [1.82, 2.24) is 4.90 Å². The Balaban J connectivity index is 2.75. The molecule has 1 amide bonds. The van der Waals surface area contributed by atoms with Gasteiger partial charge in [0, 0.05) is 13.1 Å². The molecule has 1 aromatic carbocycles. The van der Waals surface area contributed by atoms with Crippen LogP contribution in [0.4, 0.5) is 9.18 Å². The first-order valence-corrected chi connectivity index (χ1v) is 6.15. The van der Waals surface area contributed by atoms with Crippen molar-refractivity contribution in [3.63, 3.8) is 0 Å². The Kier molecular flexibility index (Phi) is 5.30. The van der Waals surface area contributed by atoms with E-state index in [9.17, 15) is 9.18 Å². The van der Waals surface area contributed by atoms with Gasteiger partial charge in [-0.05, 0) is 38.5 Å². The van der Waals surface area contributed by atoms with E-state index in [1.165, 1.54) is 17.0 Å². The summed E-state index contributed by atoms with van der Waals surface area (Å²) in [4.78, 5) is 13.3. The number of benzene rings is 1. The quantitative estimate of drug-likeness (QED) is 0.914. The summed E-state index contributed by atoms with van der Waals surface area (Å²) < 4.78 is 18.3. The zero-order chi connectivity index (χ0) is 14.5. The van der Waals surface area contributed by atoms with Gasteiger partial charge >= 0.3 is 6.09 Å². The molecule has 0 bridgehead atoms. The third-order valence-electron chi connectivity index (χ3n) is 2.28. The van der Waals surface area contributed by atoms with Crippen LogP contribution >= 0.6 is 0 Å². The van der Waals surface area contributed by atoms with E-state index in [-0.39, 0.29) is 25.5 Å². The maximum Gasteiger partial charge on any atom is 0.410 e. The van der Waals surface area contributed by atoms with Crippen LogP contribution in [0.25, 0.3) is 0 Å². The number of carbonyl (C=O) groups is 1. The molecule has 1 aromatic rings. The number of nitrogens with zero attached hydrogens (tertiary/aromatic N) is 1. The van der Waals surface area contributed by atoms with Crippen molar-refractivity contribution in [2.24, 2.45) is 0 Å². The topological polar surface area (TPSA) is 49.8 Å². The zero-order valence-electron chi connectivity index (χ0n) is 11.5. The summed E-state index contributed by atoms with van der Waals surface area (Å²) in [6.45, 7) is 5.48. The largest absolute Gasteiger partial charge is 0.444 e. The van der Waals surface area contributed by atoms with Gasteiger partial charge in [0.1, 0.15) is 11.4 Å². The van der Waals surface area contributed by atoms with Gasteiger partial charge in [-0.3, -0.25) is 0 Å². The molecule has 0 aromatic heterocycles. The number of halogens is 1. The smallest absolute Gasteiger partial charge is 0.410 e. The highest BCUT2D eigenvalue weighted by atomic mass is 19.1. The van der Waals surface area contributed by atoms with Gasteiger partial charge in [-0.2, -0.15) is 0 Å². The van der Waals surface area contributed by atoms with Crippen molar-refractivity contribution in [2.45, 2.75) is 32.9 Å². The number of ether oxygens (including phenoxy) is 1. The lowest BCUT2D eigenvalue weighted by atomic mass is 10.2. The molecule has 0 aliphatic carbocycles. The first-order chi connectivity index (χ1) is 8.81. The summed E-state index contributed by atoms with van der Waals surface area (Å²) >= 11 is 0. The van der Waals surface area contributed by atoms with Gasteiger partial charge in [-0.25, -0.2) is 9.18 Å². The van der Waals surface area contributed by atoms with E-state index in [2.05, 4.69) is 0 Å². The van der Waals surface area contributed by atoms with Gasteiger partial charge < -0.3 is 14.7 Å². The standard InChI is InChI=1S/C14H20FNO3/c1-14(2,3)19-13(18)16(7-8-17)10-11-5-4-6-12(15)9-11/h4-6,9,17H,7-8,10H2,1-3H3. The third-order valence-corrected chi connectivity index (χ3v) is 2.28. The molecule has 19 heavy (non-hydrogen) atoms. The van der Waals surface area contributed by atoms with Crippen molar-refractivity contribution in [3.05, 3.63) is 35.6 Å². The second-order valence-corrected chi connectivity index (χ2v) is 5.26. The average Bonchev–Trinajstić information content (AvgIpc) is 2.26. The molecule has 0 aliphatic rings. The number of amides is 1. The monoisotopic (exact) mass is 269 g/mol. The van der Waals surface area contributed by atoms with Crippen molar-refractivity contribution in [3.8, 4) is 0 Å². The first-order valence-electron chi connectivity index (χ1n) is 6.15. The number of hydrogen-bond donors (Lipinski definition) is 1. The molecule has 5 heteroatoms. The minimum atomic E-state index is -0.604. The minimum Gasteiger partial charge on any atom is -0.444 e. The third kappa shape index (κ3) is 5.70. The molecule has 0 fully saturated rings. The van der Waals surface area contributed by atoms with Gasteiger partial charge in [-0.15, -0.1) is 0 Å². The van der Waals surface area contributed by atoms with Gasteiger partial charge in [0.05, 0.1) is 6.61 Å². The average molecular weight is 269 g/mol. The van der Waals surface area contributed by atoms with Crippen LogP contribution in [0.5, 0.6) is 0 Å². The van der Waals surface area contributed by atoms with E-state index in [4.69, 9.17) is 9.84 Å². The Morgan fingerprint density at radius 1 is 1.42 bits per heavy atom. The Labute approximate surface area is 112 Å². The molecule has 0 aliphatic heterocycles. The highest BCUT2D eigenvalue weighted by Gasteiger charge is 2.21. The van der Waals surface area contributed by atoms with E-state index in [0.29, 0.717) is 5.56 Å². The fourth-order valence-corrected chi connectivity index (χ4v) is 1.54. The first kappa shape index (κ1) is 15.4. The van der Waals surface area contributed by atoms with E-state index in [0.717, 1.165) is 0 Å². The molecule has 0 radical (unpaired) electrons. The second kappa shape index (κ2) is 6.52. The van der Waals surface area contributed by atoms with Gasteiger partial charge in [0.15, 0.2) is 0 Å². The maximum atomic E-state index is 13.1. The summed E-state index contributed by atoms with van der Waals surface area (Å²) in [5.74, 6) is -0.356. The van der Waals surface area contributed by atoms with Crippen molar-refractivity contribution in [2.75, 3.05) is 13.2 Å². The van der Waals surface area contributed by atoms with E-state index in [1.807, 2.05) is 0 Å². The molecule has 0 saturated carbocycles. The summed E-state index contributed by atoms with van der Waals surface area (Å²) in [6, 6.07) is 6.00. The van der Waals surface area contributed by atoms with Gasteiger partial charge in [0.2, 0.25) is 0 Å². The molecule has 0 saturated heterocycles. The van der Waals surface area contributed by atoms with Crippen LogP contribution in [0.15, 0.2) is 24.3 Å². The van der Waals surface area contributed by atoms with Crippen molar-refractivity contribution >= 4 is 6.09 Å². The number of aliphatic hydroxyl groups excluding tert-OH is 1. The molecule has 0 unspecified atom stereocenters. The lowest BCUT2D eigenvalue weighted by Gasteiger charge is -2.27. The lowest BCUT2D eigenvalue weighted by Crippen LogP contribution is -2.38. The molecule has 106 valence electrons. The van der Waals surface area contributed by atoms with E-state index in [1.54, 1.807) is 32.9 Å². The summed E-state index contributed by atoms with van der Waals surface area (Å²) in [5.41, 5.74) is 0.0477. The summed E-state index contributed by atoms with van der Waals surface area (Å²) in [7, 11) is 0. The highest BCUT2D eigenvalue weighted by molar-refractivity contribution is 5.68. The summed E-state index contributed by atoms with van der Waals surface area (Å²) in [6.07, 6.45) is -0.522. The highest BCUT2D eigenvalue weighted by Crippen LogP contribution is 2.13. The van der Waals surface area contributed by atoms with Crippen LogP contribution in [0.3, 0.4) is 0 Å². The number of carbonyl (C=O) groups excluding carboxylic acids is 1. The van der Waals surface area contributed by atoms with Crippen LogP contribution in [0.1, 0.15) is 26.3 Å². The molecule has 4 nitrogen and oxygen atoms in total. The predicted molar refractivity (Wildman–Crippen MR) is 70.1 cm³/mol. The number of aliphatic hydroxyl groups is 1. The number of rotatable bonds is 4. The Morgan fingerprint density at radius 3 is 2.63 bits per heavy atom. The Hall–Kier alpha value is -1.62. The van der Waals surface area contributed by atoms with Crippen LogP contribution in [0, 0.1) is 5.82 Å². The van der Waals surface area contributed by atoms with Gasteiger partial charge in [0.25, 0.3) is 0 Å². The molecule has 0 atom stereocenters. The summed E-state index contributed by atoms with van der Waals surface area (Å²) in [5, 5.41) is 8.99. The fourth-order valence-electron chi connectivity index (χ4n) is 1.54. The normalized spacial score (nSPS) is 11.2. The lowest BCUT2D eigenvalue weighted by molar-refractivity contribution is 0.0201. The molecule has 1 N–H and O–H groups in total. The minimum absolute atomic E-state index is 0.144. The maximum absolute atomic E-state index is 13.1. The van der Waals surface area contributed by atoms with Gasteiger partial charge in [-0.1, -0.05) is 12.1 Å². The molecule has 0 heterocycles. The molecule has 1 rings (SSSR count). The molecular weight excluding hydrogens is 249 g/mol. The van der Waals surface area contributed by atoms with Crippen LogP contribution in [0.2, 0.25) is 0 Å². The molecular formula is C14H20FNO3. The van der Waals surface area contributed by atoms with Crippen LogP contribution in [-0.4, -0.2) is 34.9 Å². The van der Waals surface area contributed by atoms with Crippen molar-refractivity contribution in [1.29, 1.82) is 0 Å². The Bertz CT molecular complexity index is 429. The van der Waals surface area contributed by atoms with Crippen LogP contribution in [-0.2, 0) is 11.3 Å².